The van der Waals surface area contributed by atoms with Crippen molar-refractivity contribution in [3.05, 3.63) is 59.2 Å². The summed E-state index contributed by atoms with van der Waals surface area (Å²) in [4.78, 5) is 12.5. The molecule has 0 atom stereocenters. The predicted molar refractivity (Wildman–Crippen MR) is 97.6 cm³/mol. The summed E-state index contributed by atoms with van der Waals surface area (Å²) in [6.45, 7) is 2.01. The number of amides is 1. The number of nitrogens with zero attached hydrogens (tertiary/aromatic N) is 1. The fourth-order valence-electron chi connectivity index (χ4n) is 2.40. The van der Waals surface area contributed by atoms with E-state index in [1.165, 1.54) is 13.2 Å². The van der Waals surface area contributed by atoms with Crippen LogP contribution >= 0.6 is 0 Å². The van der Waals surface area contributed by atoms with Gasteiger partial charge in [0.15, 0.2) is 0 Å². The van der Waals surface area contributed by atoms with E-state index in [2.05, 4.69) is 5.32 Å². The largest absolute Gasteiger partial charge is 0.497 e. The molecule has 0 fully saturated rings. The third-order valence-electron chi connectivity index (χ3n) is 3.75. The highest BCUT2D eigenvalue weighted by atomic mass is 16.5. The Kier molecular flexibility index (Phi) is 6.19. The van der Waals surface area contributed by atoms with E-state index in [1.807, 2.05) is 37.3 Å². The molecule has 1 amide bonds. The Morgan fingerprint density at radius 2 is 1.96 bits per heavy atom. The fraction of sp³-hybridized carbons (Fsp3) is 0.200. The third-order valence-corrected chi connectivity index (χ3v) is 3.75. The first-order valence-corrected chi connectivity index (χ1v) is 7.86. The summed E-state index contributed by atoms with van der Waals surface area (Å²) in [6, 6.07) is 14.7. The van der Waals surface area contributed by atoms with Crippen LogP contribution in [0.3, 0.4) is 0 Å². The molecule has 128 valence electrons. The number of nitriles is 1. The van der Waals surface area contributed by atoms with Gasteiger partial charge in [-0.25, -0.2) is 0 Å². The molecule has 0 spiro atoms. The van der Waals surface area contributed by atoms with Crippen LogP contribution in [0.5, 0.6) is 11.5 Å². The van der Waals surface area contributed by atoms with Gasteiger partial charge in [-0.15, -0.1) is 0 Å². The van der Waals surface area contributed by atoms with Crippen LogP contribution in [0.15, 0.2) is 48.0 Å². The highest BCUT2D eigenvalue weighted by molar-refractivity contribution is 6.10. The standard InChI is InChI=1S/C20H20N2O3/c1-4-14-7-5-6-8-18(14)22-20(23)16(13-21)11-15-12-17(24-2)9-10-19(15)25-3/h5-12H,4H2,1-3H3,(H,22,23)/b16-11+. The number of hydrogen-bond donors (Lipinski definition) is 1. The lowest BCUT2D eigenvalue weighted by Gasteiger charge is -2.10. The molecule has 0 aliphatic heterocycles. The molecule has 2 aromatic rings. The van der Waals surface area contributed by atoms with E-state index < -0.39 is 5.91 Å². The maximum Gasteiger partial charge on any atom is 0.266 e. The zero-order valence-corrected chi connectivity index (χ0v) is 14.5. The van der Waals surface area contributed by atoms with E-state index in [4.69, 9.17) is 9.47 Å². The number of para-hydroxylation sites is 1. The molecular formula is C20H20N2O3. The minimum atomic E-state index is -0.465. The summed E-state index contributed by atoms with van der Waals surface area (Å²) < 4.78 is 10.5. The molecule has 0 aromatic heterocycles. The van der Waals surface area contributed by atoms with E-state index in [0.717, 1.165) is 12.0 Å². The Labute approximate surface area is 147 Å². The lowest BCUT2D eigenvalue weighted by Crippen LogP contribution is -2.14. The zero-order valence-electron chi connectivity index (χ0n) is 14.5. The number of nitrogens with one attached hydrogen (secondary N) is 1. The molecule has 0 saturated heterocycles. The molecule has 0 heterocycles. The first-order chi connectivity index (χ1) is 12.1. The molecule has 0 aliphatic carbocycles. The molecule has 0 bridgehead atoms. The van der Waals surface area contributed by atoms with Crippen molar-refractivity contribution in [2.45, 2.75) is 13.3 Å². The van der Waals surface area contributed by atoms with Gasteiger partial charge in [0.2, 0.25) is 0 Å². The van der Waals surface area contributed by atoms with Crippen molar-refractivity contribution in [3.63, 3.8) is 0 Å². The van der Waals surface area contributed by atoms with Crippen LogP contribution in [0.2, 0.25) is 0 Å². The number of ether oxygens (including phenoxy) is 2. The second kappa shape index (κ2) is 8.55. The molecular weight excluding hydrogens is 316 g/mol. The predicted octanol–water partition coefficient (Wildman–Crippen LogP) is 3.81. The highest BCUT2D eigenvalue weighted by Gasteiger charge is 2.13. The molecule has 2 rings (SSSR count). The maximum absolute atomic E-state index is 12.5. The molecule has 25 heavy (non-hydrogen) atoms. The number of rotatable bonds is 6. The quantitative estimate of drug-likeness (QED) is 0.643. The van der Waals surface area contributed by atoms with Gasteiger partial charge in [-0.05, 0) is 42.3 Å². The van der Waals surface area contributed by atoms with Crippen LogP contribution in [0.4, 0.5) is 5.69 Å². The van der Waals surface area contributed by atoms with Gasteiger partial charge >= 0.3 is 0 Å². The fourth-order valence-corrected chi connectivity index (χ4v) is 2.40. The van der Waals surface area contributed by atoms with Crippen LogP contribution in [-0.4, -0.2) is 20.1 Å². The van der Waals surface area contributed by atoms with Gasteiger partial charge in [-0.3, -0.25) is 4.79 Å². The molecule has 0 saturated carbocycles. The van der Waals surface area contributed by atoms with Crippen molar-refractivity contribution in [2.75, 3.05) is 19.5 Å². The van der Waals surface area contributed by atoms with Crippen molar-refractivity contribution >= 4 is 17.7 Å². The Morgan fingerprint density at radius 1 is 1.20 bits per heavy atom. The van der Waals surface area contributed by atoms with Crippen LogP contribution in [-0.2, 0) is 11.2 Å². The molecule has 5 nitrogen and oxygen atoms in total. The summed E-state index contributed by atoms with van der Waals surface area (Å²) in [5.74, 6) is 0.699. The minimum Gasteiger partial charge on any atom is -0.497 e. The molecule has 1 N–H and O–H groups in total. The number of methoxy groups -OCH3 is 2. The monoisotopic (exact) mass is 336 g/mol. The Morgan fingerprint density at radius 3 is 2.60 bits per heavy atom. The van der Waals surface area contributed by atoms with E-state index in [1.54, 1.807) is 25.3 Å². The van der Waals surface area contributed by atoms with Crippen molar-refractivity contribution in [1.29, 1.82) is 5.26 Å². The number of anilines is 1. The number of benzene rings is 2. The number of aryl methyl sites for hydroxylation is 1. The van der Waals surface area contributed by atoms with Crippen LogP contribution < -0.4 is 14.8 Å². The number of carbonyl (C=O) groups is 1. The van der Waals surface area contributed by atoms with E-state index in [0.29, 0.717) is 22.7 Å². The summed E-state index contributed by atoms with van der Waals surface area (Å²) in [6.07, 6.45) is 2.27. The first-order valence-electron chi connectivity index (χ1n) is 7.86. The van der Waals surface area contributed by atoms with E-state index >= 15 is 0 Å². The van der Waals surface area contributed by atoms with E-state index in [9.17, 15) is 10.1 Å². The number of hydrogen-bond acceptors (Lipinski definition) is 4. The molecule has 5 heteroatoms. The smallest absolute Gasteiger partial charge is 0.266 e. The Balaban J connectivity index is 2.34. The Hall–Kier alpha value is -3.26. The third kappa shape index (κ3) is 4.39. The van der Waals surface area contributed by atoms with Crippen molar-refractivity contribution in [1.82, 2.24) is 0 Å². The summed E-state index contributed by atoms with van der Waals surface area (Å²) in [7, 11) is 3.08. The van der Waals surface area contributed by atoms with Gasteiger partial charge in [0.25, 0.3) is 5.91 Å². The number of carbonyl (C=O) groups excluding carboxylic acids is 1. The van der Waals surface area contributed by atoms with Crippen LogP contribution in [0, 0.1) is 11.3 Å². The van der Waals surface area contributed by atoms with Gasteiger partial charge < -0.3 is 14.8 Å². The molecule has 0 radical (unpaired) electrons. The van der Waals surface area contributed by atoms with Gasteiger partial charge in [0.05, 0.1) is 14.2 Å². The van der Waals surface area contributed by atoms with Crippen LogP contribution in [0.1, 0.15) is 18.1 Å². The molecule has 0 unspecified atom stereocenters. The lowest BCUT2D eigenvalue weighted by molar-refractivity contribution is -0.112. The van der Waals surface area contributed by atoms with Crippen molar-refractivity contribution in [3.8, 4) is 17.6 Å². The lowest BCUT2D eigenvalue weighted by atomic mass is 10.1. The van der Waals surface area contributed by atoms with Crippen molar-refractivity contribution < 1.29 is 14.3 Å². The summed E-state index contributed by atoms with van der Waals surface area (Å²) >= 11 is 0. The second-order valence-electron chi connectivity index (χ2n) is 5.24. The van der Waals surface area contributed by atoms with Crippen molar-refractivity contribution in [2.24, 2.45) is 0 Å². The van der Waals surface area contributed by atoms with Gasteiger partial charge in [-0.2, -0.15) is 5.26 Å². The topological polar surface area (TPSA) is 71.4 Å². The Bertz CT molecular complexity index is 835. The van der Waals surface area contributed by atoms with E-state index in [-0.39, 0.29) is 5.57 Å². The SMILES string of the molecule is CCc1ccccc1NC(=O)/C(C#N)=C/c1cc(OC)ccc1OC. The highest BCUT2D eigenvalue weighted by Crippen LogP contribution is 2.26. The average Bonchev–Trinajstić information content (AvgIpc) is 2.66. The maximum atomic E-state index is 12.5. The van der Waals surface area contributed by atoms with Gasteiger partial charge in [0, 0.05) is 11.3 Å². The second-order valence-corrected chi connectivity index (χ2v) is 5.24. The molecule has 2 aromatic carbocycles. The summed E-state index contributed by atoms with van der Waals surface area (Å²) in [5.41, 5.74) is 2.29. The summed E-state index contributed by atoms with van der Waals surface area (Å²) in [5, 5.41) is 12.2. The normalized spacial score (nSPS) is 10.7. The van der Waals surface area contributed by atoms with Gasteiger partial charge in [-0.1, -0.05) is 25.1 Å². The zero-order chi connectivity index (χ0) is 18.2. The van der Waals surface area contributed by atoms with Crippen LogP contribution in [0.25, 0.3) is 6.08 Å². The first kappa shape index (κ1) is 18.1. The average molecular weight is 336 g/mol. The van der Waals surface area contributed by atoms with Gasteiger partial charge in [0.1, 0.15) is 23.1 Å². The minimum absolute atomic E-state index is 0.0162. The molecule has 0 aliphatic rings.